The Bertz CT molecular complexity index is 717. The van der Waals surface area contributed by atoms with E-state index in [-0.39, 0.29) is 11.4 Å². The lowest BCUT2D eigenvalue weighted by molar-refractivity contribution is 0.0696. The maximum absolute atomic E-state index is 11.8. The minimum Gasteiger partial charge on any atom is -0.477 e. The topological polar surface area (TPSA) is 96.2 Å². The van der Waals surface area contributed by atoms with Crippen molar-refractivity contribution in [2.75, 3.05) is 5.73 Å². The van der Waals surface area contributed by atoms with Crippen LogP contribution >= 0.6 is 0 Å². The lowest BCUT2D eigenvalue weighted by Crippen LogP contribution is -2.20. The molecule has 4 N–H and O–H groups in total. The van der Waals surface area contributed by atoms with E-state index in [0.717, 1.165) is 11.1 Å². The number of anilines is 1. The van der Waals surface area contributed by atoms with E-state index < -0.39 is 11.5 Å². The fourth-order valence-corrected chi connectivity index (χ4v) is 2.03. The molecule has 0 aliphatic heterocycles. The molecule has 0 unspecified atom stereocenters. The summed E-state index contributed by atoms with van der Waals surface area (Å²) in [4.78, 5) is 25.3. The molecule has 98 valence electrons. The smallest absolute Gasteiger partial charge is 0.341 e. The van der Waals surface area contributed by atoms with Crippen molar-refractivity contribution in [2.45, 2.75) is 13.8 Å². The van der Waals surface area contributed by atoms with Crippen molar-refractivity contribution in [3.8, 4) is 11.1 Å². The highest BCUT2D eigenvalue weighted by Crippen LogP contribution is 2.27. The van der Waals surface area contributed by atoms with Crippen molar-refractivity contribution >= 4 is 11.8 Å². The number of hydrogen-bond donors (Lipinski definition) is 3. The number of hydrogen-bond acceptors (Lipinski definition) is 3. The number of aromatic nitrogens is 1. The Morgan fingerprint density at radius 1 is 1.21 bits per heavy atom. The maximum Gasteiger partial charge on any atom is 0.341 e. The number of aromatic amines is 1. The van der Waals surface area contributed by atoms with Crippen LogP contribution < -0.4 is 11.3 Å². The van der Waals surface area contributed by atoms with Crippen LogP contribution in [-0.2, 0) is 0 Å². The van der Waals surface area contributed by atoms with Gasteiger partial charge in [0.15, 0.2) is 0 Å². The molecule has 0 bridgehead atoms. The molecule has 0 aliphatic carbocycles. The zero-order valence-electron chi connectivity index (χ0n) is 10.7. The summed E-state index contributed by atoms with van der Waals surface area (Å²) in [6, 6.07) is 7.13. The van der Waals surface area contributed by atoms with Gasteiger partial charge in [-0.1, -0.05) is 23.8 Å². The Morgan fingerprint density at radius 3 is 2.53 bits per heavy atom. The van der Waals surface area contributed by atoms with Crippen LogP contribution in [0.5, 0.6) is 0 Å². The molecule has 0 aliphatic rings. The van der Waals surface area contributed by atoms with Gasteiger partial charge in [0.1, 0.15) is 11.4 Å². The number of H-pyrrole nitrogens is 1. The molecule has 0 fully saturated rings. The SMILES string of the molecule is Cc1ccc(C)c(-c2cc(N)[nH]c(=O)c2C(=O)O)c1. The zero-order chi connectivity index (χ0) is 14.2. The predicted octanol–water partition coefficient (Wildman–Crippen LogP) is 1.94. The van der Waals surface area contributed by atoms with Gasteiger partial charge in [-0.05, 0) is 31.0 Å². The minimum absolute atomic E-state index is 0.144. The number of aryl methyl sites for hydroxylation is 2. The third-order valence-electron chi connectivity index (χ3n) is 2.95. The molecule has 0 saturated heterocycles. The molecule has 5 heteroatoms. The molecule has 1 heterocycles. The Labute approximate surface area is 109 Å². The highest BCUT2D eigenvalue weighted by molar-refractivity contribution is 5.96. The highest BCUT2D eigenvalue weighted by Gasteiger charge is 2.18. The van der Waals surface area contributed by atoms with Crippen LogP contribution in [0.2, 0.25) is 0 Å². The van der Waals surface area contributed by atoms with Crippen LogP contribution in [0.4, 0.5) is 5.82 Å². The summed E-state index contributed by atoms with van der Waals surface area (Å²) in [6.07, 6.45) is 0. The van der Waals surface area contributed by atoms with Gasteiger partial charge in [-0.3, -0.25) is 4.79 Å². The third-order valence-corrected chi connectivity index (χ3v) is 2.95. The number of benzene rings is 1. The van der Waals surface area contributed by atoms with E-state index in [1.165, 1.54) is 6.07 Å². The molecule has 2 rings (SSSR count). The standard InChI is InChI=1S/C14H14N2O3/c1-7-3-4-8(2)9(5-7)10-6-11(15)16-13(17)12(10)14(18)19/h3-6H,1-2H3,(H,18,19)(H3,15,16,17). The Kier molecular flexibility index (Phi) is 3.12. The largest absolute Gasteiger partial charge is 0.477 e. The van der Waals surface area contributed by atoms with Gasteiger partial charge in [0.05, 0.1) is 0 Å². The maximum atomic E-state index is 11.8. The molecule has 0 amide bonds. The Morgan fingerprint density at radius 2 is 1.89 bits per heavy atom. The first-order valence-electron chi connectivity index (χ1n) is 5.74. The van der Waals surface area contributed by atoms with Gasteiger partial charge < -0.3 is 15.8 Å². The van der Waals surface area contributed by atoms with Gasteiger partial charge in [0.25, 0.3) is 5.56 Å². The first-order chi connectivity index (χ1) is 8.90. The molecular formula is C14H14N2O3. The van der Waals surface area contributed by atoms with E-state index in [9.17, 15) is 14.7 Å². The third kappa shape index (κ3) is 2.35. The van der Waals surface area contributed by atoms with Crippen LogP contribution in [0.15, 0.2) is 29.1 Å². The number of nitrogen functional groups attached to an aromatic ring is 1. The summed E-state index contributed by atoms with van der Waals surface area (Å²) < 4.78 is 0. The van der Waals surface area contributed by atoms with E-state index in [0.29, 0.717) is 11.1 Å². The lowest BCUT2D eigenvalue weighted by Gasteiger charge is -2.10. The molecule has 19 heavy (non-hydrogen) atoms. The molecule has 0 radical (unpaired) electrons. The van der Waals surface area contributed by atoms with Gasteiger partial charge >= 0.3 is 5.97 Å². The monoisotopic (exact) mass is 258 g/mol. The summed E-state index contributed by atoms with van der Waals surface area (Å²) >= 11 is 0. The van der Waals surface area contributed by atoms with Crippen LogP contribution in [-0.4, -0.2) is 16.1 Å². The quantitative estimate of drug-likeness (QED) is 0.766. The number of nitrogens with two attached hydrogens (primary N) is 1. The average molecular weight is 258 g/mol. The second-order valence-corrected chi connectivity index (χ2v) is 4.47. The average Bonchev–Trinajstić information content (AvgIpc) is 2.30. The molecule has 2 aromatic rings. The fraction of sp³-hybridized carbons (Fsp3) is 0.143. The van der Waals surface area contributed by atoms with Crippen LogP contribution in [0.1, 0.15) is 21.5 Å². The summed E-state index contributed by atoms with van der Waals surface area (Å²) in [5.74, 6) is -1.12. The molecule has 0 atom stereocenters. The highest BCUT2D eigenvalue weighted by atomic mass is 16.4. The van der Waals surface area contributed by atoms with Crippen molar-refractivity contribution in [3.05, 3.63) is 51.3 Å². The Hall–Kier alpha value is -2.56. The van der Waals surface area contributed by atoms with Crippen molar-refractivity contribution in [1.82, 2.24) is 4.98 Å². The normalized spacial score (nSPS) is 10.4. The van der Waals surface area contributed by atoms with Crippen LogP contribution in [0.3, 0.4) is 0 Å². The van der Waals surface area contributed by atoms with Crippen molar-refractivity contribution in [3.63, 3.8) is 0 Å². The summed E-state index contributed by atoms with van der Waals surface area (Å²) in [5, 5.41) is 9.20. The van der Waals surface area contributed by atoms with Crippen LogP contribution in [0, 0.1) is 13.8 Å². The number of pyridine rings is 1. The van der Waals surface area contributed by atoms with Gasteiger partial charge in [0.2, 0.25) is 0 Å². The lowest BCUT2D eigenvalue weighted by atomic mass is 9.95. The first kappa shape index (κ1) is 12.9. The van der Waals surface area contributed by atoms with E-state index in [2.05, 4.69) is 4.98 Å². The fourth-order valence-electron chi connectivity index (χ4n) is 2.03. The van der Waals surface area contributed by atoms with Gasteiger partial charge in [-0.25, -0.2) is 4.79 Å². The second kappa shape index (κ2) is 4.61. The molecule has 0 spiro atoms. The van der Waals surface area contributed by atoms with E-state index in [4.69, 9.17) is 5.73 Å². The molecule has 1 aromatic heterocycles. The van der Waals surface area contributed by atoms with E-state index in [1.54, 1.807) is 0 Å². The molecule has 5 nitrogen and oxygen atoms in total. The Balaban J connectivity index is 2.85. The number of aromatic carboxylic acids is 1. The predicted molar refractivity (Wildman–Crippen MR) is 73.3 cm³/mol. The second-order valence-electron chi connectivity index (χ2n) is 4.47. The summed E-state index contributed by atoms with van der Waals surface area (Å²) in [7, 11) is 0. The number of rotatable bonds is 2. The zero-order valence-corrected chi connectivity index (χ0v) is 10.7. The number of carbonyl (C=O) groups is 1. The van der Waals surface area contributed by atoms with E-state index in [1.807, 2.05) is 32.0 Å². The van der Waals surface area contributed by atoms with Crippen LogP contribution in [0.25, 0.3) is 11.1 Å². The number of nitrogens with one attached hydrogen (secondary N) is 1. The van der Waals surface area contributed by atoms with Crippen molar-refractivity contribution in [2.24, 2.45) is 0 Å². The van der Waals surface area contributed by atoms with Crippen molar-refractivity contribution in [1.29, 1.82) is 0 Å². The summed E-state index contributed by atoms with van der Waals surface area (Å²) in [6.45, 7) is 3.76. The van der Waals surface area contributed by atoms with Crippen molar-refractivity contribution < 1.29 is 9.90 Å². The minimum atomic E-state index is -1.27. The van der Waals surface area contributed by atoms with Gasteiger partial charge in [-0.15, -0.1) is 0 Å². The summed E-state index contributed by atoms with van der Waals surface area (Å²) in [5.41, 5.74) is 7.54. The molecule has 1 aromatic carbocycles. The number of carboxylic acid groups (broad SMARTS) is 1. The molecule has 0 saturated carbocycles. The van der Waals surface area contributed by atoms with Gasteiger partial charge in [-0.2, -0.15) is 0 Å². The molecular weight excluding hydrogens is 244 g/mol. The van der Waals surface area contributed by atoms with Gasteiger partial charge in [0, 0.05) is 5.56 Å². The first-order valence-corrected chi connectivity index (χ1v) is 5.74. The number of carboxylic acids is 1. The van der Waals surface area contributed by atoms with E-state index >= 15 is 0 Å².